The van der Waals surface area contributed by atoms with Crippen LogP contribution in [0, 0.1) is 11.7 Å². The number of benzene rings is 2. The SMILES string of the molecule is Nc1ccc2c(c1)CCc1nc(NC(=O)Cc3ccc(F)cc3)c(CCC3CCCCC3)nc1-2. The van der Waals surface area contributed by atoms with Gasteiger partial charge in [0.25, 0.3) is 0 Å². The predicted octanol–water partition coefficient (Wildman–Crippen LogP) is 5.66. The van der Waals surface area contributed by atoms with Gasteiger partial charge in [-0.05, 0) is 67.0 Å². The number of halogens is 1. The minimum atomic E-state index is -0.309. The lowest BCUT2D eigenvalue weighted by molar-refractivity contribution is -0.115. The number of nitrogens with two attached hydrogens (primary N) is 1. The molecule has 3 aromatic rings. The third-order valence-electron chi connectivity index (χ3n) is 7.11. The van der Waals surface area contributed by atoms with Crippen LogP contribution < -0.4 is 11.1 Å². The average Bonchev–Trinajstić information content (AvgIpc) is 2.84. The van der Waals surface area contributed by atoms with E-state index in [0.717, 1.165) is 59.6 Å². The Kier molecular flexibility index (Phi) is 6.57. The van der Waals surface area contributed by atoms with Gasteiger partial charge in [0.05, 0.1) is 23.5 Å². The number of rotatable bonds is 6. The first kappa shape index (κ1) is 22.5. The van der Waals surface area contributed by atoms with Gasteiger partial charge in [-0.3, -0.25) is 4.79 Å². The lowest BCUT2D eigenvalue weighted by Gasteiger charge is -2.23. The van der Waals surface area contributed by atoms with Crippen molar-refractivity contribution in [2.45, 2.75) is 64.2 Å². The first-order chi connectivity index (χ1) is 16.5. The lowest BCUT2D eigenvalue weighted by atomic mass is 9.85. The fourth-order valence-electron chi connectivity index (χ4n) is 5.25. The van der Waals surface area contributed by atoms with E-state index in [9.17, 15) is 9.18 Å². The molecular weight excluding hydrogens is 427 g/mol. The standard InChI is InChI=1S/C28H31FN4O/c29-21-10-6-19(7-11-21)16-26(34)33-28-25(14-8-18-4-2-1-3-5-18)31-27-23-13-12-22(30)17-20(23)9-15-24(27)32-28/h6-7,10-13,17-18H,1-5,8-9,14-16,30H2,(H,32,33,34). The molecule has 5 nitrogen and oxygen atoms in total. The van der Waals surface area contributed by atoms with E-state index in [0.29, 0.717) is 11.7 Å². The van der Waals surface area contributed by atoms with Crippen molar-refractivity contribution < 1.29 is 9.18 Å². The van der Waals surface area contributed by atoms with Crippen LogP contribution in [-0.4, -0.2) is 15.9 Å². The van der Waals surface area contributed by atoms with E-state index in [4.69, 9.17) is 15.7 Å². The predicted molar refractivity (Wildman–Crippen MR) is 133 cm³/mol. The van der Waals surface area contributed by atoms with Gasteiger partial charge < -0.3 is 11.1 Å². The Hall–Kier alpha value is -3.28. The zero-order valence-electron chi connectivity index (χ0n) is 19.4. The number of nitrogens with one attached hydrogen (secondary N) is 1. The highest BCUT2D eigenvalue weighted by Gasteiger charge is 2.23. The Balaban J connectivity index is 1.42. The number of carbonyl (C=O) groups is 1. The third kappa shape index (κ3) is 5.11. The van der Waals surface area contributed by atoms with E-state index in [1.54, 1.807) is 12.1 Å². The van der Waals surface area contributed by atoms with Crippen molar-refractivity contribution in [1.29, 1.82) is 0 Å². The molecule has 2 aliphatic rings. The van der Waals surface area contributed by atoms with Gasteiger partial charge >= 0.3 is 0 Å². The molecule has 2 aromatic carbocycles. The molecule has 6 heteroatoms. The molecule has 5 rings (SSSR count). The van der Waals surface area contributed by atoms with Gasteiger partial charge in [-0.25, -0.2) is 14.4 Å². The van der Waals surface area contributed by atoms with Crippen LogP contribution in [0.2, 0.25) is 0 Å². The van der Waals surface area contributed by atoms with E-state index in [-0.39, 0.29) is 18.1 Å². The number of carbonyl (C=O) groups excluding carboxylic acids is 1. The number of fused-ring (bicyclic) bond motifs is 3. The monoisotopic (exact) mass is 458 g/mol. The van der Waals surface area contributed by atoms with Crippen molar-refractivity contribution in [2.24, 2.45) is 5.92 Å². The molecule has 34 heavy (non-hydrogen) atoms. The quantitative estimate of drug-likeness (QED) is 0.467. The highest BCUT2D eigenvalue weighted by atomic mass is 19.1. The topological polar surface area (TPSA) is 80.9 Å². The van der Waals surface area contributed by atoms with E-state index < -0.39 is 0 Å². The number of nitrogen functional groups attached to an aromatic ring is 1. The zero-order valence-corrected chi connectivity index (χ0v) is 19.4. The smallest absolute Gasteiger partial charge is 0.229 e. The van der Waals surface area contributed by atoms with Gasteiger partial charge in [0, 0.05) is 11.3 Å². The Bertz CT molecular complexity index is 1190. The van der Waals surface area contributed by atoms with Crippen LogP contribution >= 0.6 is 0 Å². The van der Waals surface area contributed by atoms with Crippen LogP contribution in [-0.2, 0) is 30.5 Å². The van der Waals surface area contributed by atoms with Crippen LogP contribution in [0.4, 0.5) is 15.9 Å². The molecule has 0 aliphatic heterocycles. The van der Waals surface area contributed by atoms with Crippen molar-refractivity contribution in [3.63, 3.8) is 0 Å². The molecule has 0 radical (unpaired) electrons. The van der Waals surface area contributed by atoms with Crippen molar-refractivity contribution in [2.75, 3.05) is 11.1 Å². The van der Waals surface area contributed by atoms with Gasteiger partial charge in [-0.1, -0.05) is 50.3 Å². The minimum Gasteiger partial charge on any atom is -0.399 e. The third-order valence-corrected chi connectivity index (χ3v) is 7.11. The largest absolute Gasteiger partial charge is 0.399 e. The highest BCUT2D eigenvalue weighted by molar-refractivity contribution is 5.92. The summed E-state index contributed by atoms with van der Waals surface area (Å²) in [7, 11) is 0. The molecule has 2 aliphatic carbocycles. The second-order valence-corrected chi connectivity index (χ2v) is 9.62. The molecule has 0 spiro atoms. The summed E-state index contributed by atoms with van der Waals surface area (Å²) in [6.07, 6.45) is 10.1. The summed E-state index contributed by atoms with van der Waals surface area (Å²) in [5.74, 6) is 0.808. The van der Waals surface area contributed by atoms with Crippen LogP contribution in [0.5, 0.6) is 0 Å². The molecule has 1 heterocycles. The van der Waals surface area contributed by atoms with Gasteiger partial charge in [0.2, 0.25) is 5.91 Å². The first-order valence-corrected chi connectivity index (χ1v) is 12.4. The molecule has 1 amide bonds. The molecule has 0 bridgehead atoms. The highest BCUT2D eigenvalue weighted by Crippen LogP contribution is 2.35. The van der Waals surface area contributed by atoms with E-state index in [1.165, 1.54) is 49.8 Å². The fraction of sp³-hybridized carbons (Fsp3) is 0.393. The number of anilines is 2. The van der Waals surface area contributed by atoms with Crippen molar-refractivity contribution in [3.05, 3.63) is 70.8 Å². The number of nitrogens with zero attached hydrogens (tertiary/aromatic N) is 2. The molecule has 0 unspecified atom stereocenters. The van der Waals surface area contributed by atoms with Gasteiger partial charge in [-0.15, -0.1) is 0 Å². The summed E-state index contributed by atoms with van der Waals surface area (Å²) < 4.78 is 13.2. The zero-order chi connectivity index (χ0) is 23.5. The first-order valence-electron chi connectivity index (χ1n) is 12.4. The molecular formula is C28H31FN4O. The maximum absolute atomic E-state index is 13.2. The summed E-state index contributed by atoms with van der Waals surface area (Å²) in [6.45, 7) is 0. The Morgan fingerprint density at radius 3 is 2.62 bits per heavy atom. The summed E-state index contributed by atoms with van der Waals surface area (Å²) in [6, 6.07) is 12.0. The van der Waals surface area contributed by atoms with Crippen LogP contribution in [0.25, 0.3) is 11.3 Å². The van der Waals surface area contributed by atoms with E-state index >= 15 is 0 Å². The maximum atomic E-state index is 13.2. The Morgan fingerprint density at radius 2 is 1.82 bits per heavy atom. The van der Waals surface area contributed by atoms with Crippen molar-refractivity contribution >= 4 is 17.4 Å². The molecule has 3 N–H and O–H groups in total. The average molecular weight is 459 g/mol. The summed E-state index contributed by atoms with van der Waals surface area (Å²) >= 11 is 0. The number of aryl methyl sites for hydroxylation is 3. The summed E-state index contributed by atoms with van der Waals surface area (Å²) in [5, 5.41) is 3.02. The number of amides is 1. The van der Waals surface area contributed by atoms with Gasteiger partial charge in [0.1, 0.15) is 5.82 Å². The minimum absolute atomic E-state index is 0.163. The van der Waals surface area contributed by atoms with Gasteiger partial charge in [0.15, 0.2) is 5.82 Å². The number of hydrogen-bond donors (Lipinski definition) is 2. The second kappa shape index (κ2) is 9.92. The summed E-state index contributed by atoms with van der Waals surface area (Å²) in [5.41, 5.74) is 12.5. The van der Waals surface area contributed by atoms with E-state index in [1.807, 2.05) is 18.2 Å². The molecule has 1 aromatic heterocycles. The maximum Gasteiger partial charge on any atom is 0.229 e. The van der Waals surface area contributed by atoms with Crippen molar-refractivity contribution in [3.8, 4) is 11.3 Å². The van der Waals surface area contributed by atoms with Crippen LogP contribution in [0.3, 0.4) is 0 Å². The second-order valence-electron chi connectivity index (χ2n) is 9.62. The summed E-state index contributed by atoms with van der Waals surface area (Å²) in [4.78, 5) is 22.8. The molecule has 1 fully saturated rings. The Morgan fingerprint density at radius 1 is 1.03 bits per heavy atom. The van der Waals surface area contributed by atoms with Crippen LogP contribution in [0.15, 0.2) is 42.5 Å². The normalized spacial score (nSPS) is 15.4. The van der Waals surface area contributed by atoms with E-state index in [2.05, 4.69) is 5.32 Å². The molecule has 176 valence electrons. The van der Waals surface area contributed by atoms with Crippen LogP contribution in [0.1, 0.15) is 61.0 Å². The molecule has 0 saturated heterocycles. The van der Waals surface area contributed by atoms with Gasteiger partial charge in [-0.2, -0.15) is 0 Å². The Labute approximate surface area is 200 Å². The number of hydrogen-bond acceptors (Lipinski definition) is 4. The molecule has 1 saturated carbocycles. The molecule has 0 atom stereocenters. The number of aromatic nitrogens is 2. The lowest BCUT2D eigenvalue weighted by Crippen LogP contribution is -2.20. The fourth-order valence-corrected chi connectivity index (χ4v) is 5.25. The van der Waals surface area contributed by atoms with Crippen molar-refractivity contribution in [1.82, 2.24) is 9.97 Å².